The van der Waals surface area contributed by atoms with E-state index in [0.29, 0.717) is 0 Å². The highest BCUT2D eigenvalue weighted by Gasteiger charge is 2.09. The third-order valence-electron chi connectivity index (χ3n) is 1.49. The first-order chi connectivity index (χ1) is 3.68. The van der Waals surface area contributed by atoms with Gasteiger partial charge in [0, 0.05) is 0 Å². The fourth-order valence-corrected chi connectivity index (χ4v) is 1.000. The van der Waals surface area contributed by atoms with Crippen LogP contribution in [-0.2, 0) is 0 Å². The summed E-state index contributed by atoms with van der Waals surface area (Å²) in [4.78, 5) is 0. The van der Waals surface area contributed by atoms with E-state index in [4.69, 9.17) is 5.26 Å². The molecule has 0 radical (unpaired) electrons. The van der Waals surface area contributed by atoms with Crippen LogP contribution in [0, 0.1) is 10.7 Å². The van der Waals surface area contributed by atoms with Crippen molar-refractivity contribution >= 4 is 10.0 Å². The molecule has 0 saturated carbocycles. The molecule has 0 heterocycles. The summed E-state index contributed by atoms with van der Waals surface area (Å²) in [6.45, 7) is 4.17. The van der Waals surface area contributed by atoms with Gasteiger partial charge in [0.15, 0.2) is 0 Å². The van der Waals surface area contributed by atoms with Gasteiger partial charge in [-0.3, -0.25) is 0 Å². The Morgan fingerprint density at radius 1 is 1.33 bits per heavy atom. The molecule has 3 heteroatoms. The van der Waals surface area contributed by atoms with Gasteiger partial charge in [0.25, 0.3) is 0 Å². The van der Waals surface area contributed by atoms with Crippen LogP contribution < -0.4 is 6.15 Å². The minimum absolute atomic E-state index is 0. The van der Waals surface area contributed by atoms with Crippen LogP contribution in [0.2, 0.25) is 0 Å². The van der Waals surface area contributed by atoms with Gasteiger partial charge in [-0.1, -0.05) is 13.8 Å². The number of hydrogen-bond acceptors (Lipinski definition) is 2. The predicted octanol–water partition coefficient (Wildman–Crippen LogP) is 2.10. The lowest BCUT2D eigenvalue weighted by atomic mass is 11.0. The van der Waals surface area contributed by atoms with Crippen molar-refractivity contribution in [3.63, 3.8) is 0 Å². The zero-order valence-corrected chi connectivity index (χ0v) is 7.29. The van der Waals surface area contributed by atoms with Gasteiger partial charge in [0.2, 0.25) is 0 Å². The van der Waals surface area contributed by atoms with Crippen LogP contribution in [0.5, 0.6) is 0 Å². The van der Waals surface area contributed by atoms with Crippen molar-refractivity contribution < 1.29 is 0 Å². The first kappa shape index (κ1) is 11.6. The van der Waals surface area contributed by atoms with E-state index in [2.05, 4.69) is 25.5 Å². The van der Waals surface area contributed by atoms with Gasteiger partial charge in [-0.25, -0.2) is 0 Å². The molecule has 0 aromatic carbocycles. The molecule has 56 valence electrons. The lowest BCUT2D eigenvalue weighted by Crippen LogP contribution is -1.98. The van der Waals surface area contributed by atoms with Crippen LogP contribution in [0.1, 0.15) is 13.8 Å². The minimum Gasteiger partial charge on any atom is -0.344 e. The van der Waals surface area contributed by atoms with E-state index in [1.165, 1.54) is 0 Å². The quantitative estimate of drug-likeness (QED) is 0.610. The molecule has 0 fully saturated rings. The van der Waals surface area contributed by atoms with Gasteiger partial charge in [0.1, 0.15) is 5.40 Å². The van der Waals surface area contributed by atoms with E-state index in [0.717, 1.165) is 11.5 Å². The molecule has 0 bridgehead atoms. The number of nitriles is 1. The van der Waals surface area contributed by atoms with Crippen molar-refractivity contribution in [3.8, 4) is 5.40 Å². The van der Waals surface area contributed by atoms with E-state index in [1.54, 1.807) is 0 Å². The molecule has 0 spiro atoms. The largest absolute Gasteiger partial charge is 0.344 e. The van der Waals surface area contributed by atoms with Crippen molar-refractivity contribution in [3.05, 3.63) is 0 Å². The highest BCUT2D eigenvalue weighted by Crippen LogP contribution is 2.40. The minimum atomic E-state index is -0.847. The van der Waals surface area contributed by atoms with Crippen molar-refractivity contribution in [1.82, 2.24) is 6.15 Å². The maximum atomic E-state index is 8.57. The van der Waals surface area contributed by atoms with E-state index in [-0.39, 0.29) is 6.15 Å². The molecule has 0 aliphatic heterocycles. The molecule has 0 atom stereocenters. The van der Waals surface area contributed by atoms with Crippen LogP contribution in [0.4, 0.5) is 0 Å². The van der Waals surface area contributed by atoms with Crippen molar-refractivity contribution in [2.24, 2.45) is 0 Å². The Balaban J connectivity index is 0. The monoisotopic (exact) mass is 148 g/mol. The van der Waals surface area contributed by atoms with Crippen molar-refractivity contribution in [1.29, 1.82) is 5.26 Å². The van der Waals surface area contributed by atoms with Gasteiger partial charge in [-0.2, -0.15) is 15.3 Å². The topological polar surface area (TPSA) is 58.8 Å². The summed E-state index contributed by atoms with van der Waals surface area (Å²) in [7, 11) is -0.847. The summed E-state index contributed by atoms with van der Waals surface area (Å²) >= 11 is 0. The molecule has 2 nitrogen and oxygen atoms in total. The second-order valence-electron chi connectivity index (χ2n) is 1.94. The average Bonchev–Trinajstić information content (AvgIpc) is 1.87. The number of nitrogens with zero attached hydrogens (tertiary/aromatic N) is 1. The lowest BCUT2D eigenvalue weighted by molar-refractivity contribution is 1.41. The number of rotatable bonds is 2. The van der Waals surface area contributed by atoms with E-state index < -0.39 is 10.0 Å². The van der Waals surface area contributed by atoms with Gasteiger partial charge in [-0.05, 0) is 17.8 Å². The Kier molecular flexibility index (Phi) is 5.99. The second-order valence-corrected chi connectivity index (χ2v) is 5.83. The third-order valence-corrected chi connectivity index (χ3v) is 4.48. The number of thiocyanates is 1. The van der Waals surface area contributed by atoms with E-state index >= 15 is 0 Å². The summed E-state index contributed by atoms with van der Waals surface area (Å²) < 4.78 is 0. The summed E-state index contributed by atoms with van der Waals surface area (Å²) in [5.41, 5.74) is 0. The third kappa shape index (κ3) is 3.39. The maximum absolute atomic E-state index is 8.57. The fraction of sp³-hybridized carbons (Fsp3) is 0.833. The average molecular weight is 148 g/mol. The summed E-state index contributed by atoms with van der Waals surface area (Å²) in [5, 5.41) is 10.9. The molecule has 0 rings (SSSR count). The Morgan fingerprint density at radius 3 is 1.67 bits per heavy atom. The molecular weight excluding hydrogens is 132 g/mol. The van der Waals surface area contributed by atoms with Gasteiger partial charge < -0.3 is 6.15 Å². The number of hydrogen-bond donors (Lipinski definition) is 1. The fourth-order valence-electron chi connectivity index (χ4n) is 0.333. The highest BCUT2D eigenvalue weighted by molar-refractivity contribution is 8.36. The van der Waals surface area contributed by atoms with Gasteiger partial charge >= 0.3 is 0 Å². The lowest BCUT2D eigenvalue weighted by Gasteiger charge is -2.22. The highest BCUT2D eigenvalue weighted by atomic mass is 32.3. The van der Waals surface area contributed by atoms with Crippen LogP contribution in [0.3, 0.4) is 0 Å². The smallest absolute Gasteiger partial charge is 0.113 e. The van der Waals surface area contributed by atoms with Crippen LogP contribution in [-0.4, -0.2) is 17.8 Å². The molecular formula is C6H16N2S. The van der Waals surface area contributed by atoms with E-state index in [9.17, 15) is 0 Å². The van der Waals surface area contributed by atoms with Gasteiger partial charge in [-0.15, -0.1) is 0 Å². The van der Waals surface area contributed by atoms with Crippen molar-refractivity contribution in [2.45, 2.75) is 13.8 Å². The molecule has 0 aliphatic carbocycles. The molecule has 0 aromatic rings. The van der Waals surface area contributed by atoms with Gasteiger partial charge in [0.05, 0.1) is 0 Å². The molecule has 0 amide bonds. The zero-order valence-electron chi connectivity index (χ0n) is 6.48. The van der Waals surface area contributed by atoms with Crippen LogP contribution >= 0.6 is 10.0 Å². The van der Waals surface area contributed by atoms with Crippen molar-refractivity contribution in [2.75, 3.05) is 17.8 Å². The SMILES string of the molecule is CCS(C)(C#N)CC.N. The second kappa shape index (κ2) is 4.66. The molecule has 0 aromatic heterocycles. The first-order valence-electron chi connectivity index (χ1n) is 2.83. The van der Waals surface area contributed by atoms with Crippen LogP contribution in [0.25, 0.3) is 0 Å². The standard InChI is InChI=1S/C6H13NS.H3N/c1-4-8(3,5-2)6-7;/h4-5H2,1-3H3;1H3. The summed E-state index contributed by atoms with van der Waals surface area (Å²) in [6, 6.07) is 0. The summed E-state index contributed by atoms with van der Waals surface area (Å²) in [6.07, 6.45) is 2.08. The normalized spacial score (nSPS) is 11.3. The van der Waals surface area contributed by atoms with E-state index in [1.807, 2.05) is 0 Å². The molecule has 0 saturated heterocycles. The Labute approximate surface area is 59.2 Å². The molecule has 0 unspecified atom stereocenters. The first-order valence-corrected chi connectivity index (χ1v) is 5.21. The summed E-state index contributed by atoms with van der Waals surface area (Å²) in [5.74, 6) is 2.08. The molecule has 9 heavy (non-hydrogen) atoms. The maximum Gasteiger partial charge on any atom is 0.113 e. The Morgan fingerprint density at radius 2 is 1.67 bits per heavy atom. The zero-order chi connectivity index (χ0) is 6.62. The molecule has 3 N–H and O–H groups in total. The Hall–Kier alpha value is -0.200. The Bertz CT molecular complexity index is 102. The predicted molar refractivity (Wildman–Crippen MR) is 45.2 cm³/mol. The van der Waals surface area contributed by atoms with Crippen LogP contribution in [0.15, 0.2) is 0 Å². The molecule has 0 aliphatic rings.